The van der Waals surface area contributed by atoms with Gasteiger partial charge in [0.1, 0.15) is 17.7 Å². The van der Waals surface area contributed by atoms with Crippen LogP contribution in [0.5, 0.6) is 0 Å². The van der Waals surface area contributed by atoms with Crippen LogP contribution in [-0.2, 0) is 21.9 Å². The SMILES string of the molecule is O=C1CCC(N2C(=O)c3ccc(F)c(SCc4ccc(CN5CCCCC5)c(F)c4)c3C2=O)C(=O)N1. The number of carbonyl (C=O) groups excluding carboxylic acids is 4. The number of piperidine rings is 2. The van der Waals surface area contributed by atoms with E-state index in [-0.39, 0.29) is 40.4 Å². The summed E-state index contributed by atoms with van der Waals surface area (Å²) >= 11 is 1.00. The highest BCUT2D eigenvalue weighted by atomic mass is 32.2. The summed E-state index contributed by atoms with van der Waals surface area (Å²) in [7, 11) is 0. The van der Waals surface area contributed by atoms with E-state index in [1.54, 1.807) is 12.1 Å². The van der Waals surface area contributed by atoms with Gasteiger partial charge < -0.3 is 0 Å². The summed E-state index contributed by atoms with van der Waals surface area (Å²) in [6.45, 7) is 2.46. The first-order valence-corrected chi connectivity index (χ1v) is 13.0. The third kappa shape index (κ3) is 4.67. The van der Waals surface area contributed by atoms with Crippen LogP contribution in [0.3, 0.4) is 0 Å². The predicted octanol–water partition coefficient (Wildman–Crippen LogP) is 3.64. The van der Waals surface area contributed by atoms with Crippen molar-refractivity contribution in [3.63, 3.8) is 0 Å². The summed E-state index contributed by atoms with van der Waals surface area (Å²) in [4.78, 5) is 53.0. The molecule has 3 aliphatic heterocycles. The Morgan fingerprint density at radius 2 is 1.72 bits per heavy atom. The first kappa shape index (κ1) is 24.6. The van der Waals surface area contributed by atoms with Gasteiger partial charge in [-0.3, -0.25) is 34.3 Å². The molecule has 0 saturated carbocycles. The number of hydrogen-bond acceptors (Lipinski definition) is 6. The Hall–Kier alpha value is -3.11. The van der Waals surface area contributed by atoms with Crippen LogP contribution in [0.2, 0.25) is 0 Å². The van der Waals surface area contributed by atoms with Crippen molar-refractivity contribution < 1.29 is 28.0 Å². The van der Waals surface area contributed by atoms with Crippen molar-refractivity contribution in [1.82, 2.24) is 15.1 Å². The van der Waals surface area contributed by atoms with Crippen LogP contribution in [0, 0.1) is 11.6 Å². The Morgan fingerprint density at radius 3 is 2.44 bits per heavy atom. The zero-order chi connectivity index (χ0) is 25.4. The number of fused-ring (bicyclic) bond motifs is 1. The van der Waals surface area contributed by atoms with E-state index in [4.69, 9.17) is 0 Å². The maximum absolute atomic E-state index is 14.8. The van der Waals surface area contributed by atoms with Gasteiger partial charge in [0.05, 0.1) is 16.0 Å². The van der Waals surface area contributed by atoms with Gasteiger partial charge in [-0.1, -0.05) is 18.6 Å². The van der Waals surface area contributed by atoms with Gasteiger partial charge in [-0.15, -0.1) is 11.8 Å². The van der Waals surface area contributed by atoms with E-state index >= 15 is 0 Å². The first-order valence-electron chi connectivity index (χ1n) is 12.0. The molecule has 0 radical (unpaired) electrons. The molecule has 2 aromatic carbocycles. The number of nitrogens with zero attached hydrogens (tertiary/aromatic N) is 2. The molecule has 1 unspecified atom stereocenters. The molecule has 36 heavy (non-hydrogen) atoms. The molecule has 3 heterocycles. The average molecular weight is 514 g/mol. The standard InChI is InChI=1S/C26H25F2N3O4S/c27-18-7-6-17-22(26(35)31(25(17)34)20-8-9-21(32)29-24(20)33)23(18)36-14-15-4-5-16(19(28)12-15)13-30-10-2-1-3-11-30/h4-7,12,20H,1-3,8-11,13-14H2,(H,29,32,33). The highest BCUT2D eigenvalue weighted by Gasteiger charge is 2.46. The van der Waals surface area contributed by atoms with Gasteiger partial charge >= 0.3 is 0 Å². The topological polar surface area (TPSA) is 86.8 Å². The summed E-state index contributed by atoms with van der Waals surface area (Å²) < 4.78 is 29.6. The van der Waals surface area contributed by atoms with Gasteiger partial charge in [0, 0.05) is 24.3 Å². The molecule has 0 bridgehead atoms. The normalized spacial score (nSPS) is 20.6. The Bertz CT molecular complexity index is 1260. The third-order valence-electron chi connectivity index (χ3n) is 6.86. The van der Waals surface area contributed by atoms with E-state index in [0.717, 1.165) is 48.7 Å². The molecular weight excluding hydrogens is 488 g/mol. The number of carbonyl (C=O) groups is 4. The summed E-state index contributed by atoms with van der Waals surface area (Å²) in [6.07, 6.45) is 3.45. The highest BCUT2D eigenvalue weighted by Crippen LogP contribution is 2.37. The Kier molecular flexibility index (Phi) is 6.90. The number of imide groups is 2. The Morgan fingerprint density at radius 1 is 0.944 bits per heavy atom. The smallest absolute Gasteiger partial charge is 0.263 e. The fourth-order valence-electron chi connectivity index (χ4n) is 4.97. The highest BCUT2D eigenvalue weighted by molar-refractivity contribution is 7.98. The average Bonchev–Trinajstić information content (AvgIpc) is 3.10. The van der Waals surface area contributed by atoms with Gasteiger partial charge in [0.25, 0.3) is 11.8 Å². The van der Waals surface area contributed by atoms with Crippen molar-refractivity contribution >= 4 is 35.4 Å². The molecule has 3 aliphatic rings. The van der Waals surface area contributed by atoms with Crippen molar-refractivity contribution in [2.24, 2.45) is 0 Å². The zero-order valence-corrected chi connectivity index (χ0v) is 20.3. The molecule has 10 heteroatoms. The fourth-order valence-corrected chi connectivity index (χ4v) is 6.00. The second kappa shape index (κ2) is 10.1. The molecular formula is C26H25F2N3O4S. The minimum Gasteiger partial charge on any atom is -0.299 e. The summed E-state index contributed by atoms with van der Waals surface area (Å²) in [5.74, 6) is -3.47. The molecule has 1 atom stereocenters. The van der Waals surface area contributed by atoms with E-state index in [2.05, 4.69) is 10.2 Å². The first-order chi connectivity index (χ1) is 17.3. The van der Waals surface area contributed by atoms with Crippen LogP contribution in [0.15, 0.2) is 35.2 Å². The lowest BCUT2D eigenvalue weighted by atomic mass is 10.0. The number of likely N-dealkylation sites (tertiary alicyclic amines) is 1. The van der Waals surface area contributed by atoms with Crippen molar-refractivity contribution in [3.05, 3.63) is 64.2 Å². The predicted molar refractivity (Wildman–Crippen MR) is 128 cm³/mol. The Labute approximate surface area is 211 Å². The number of amides is 4. The van der Waals surface area contributed by atoms with Crippen LogP contribution >= 0.6 is 11.8 Å². The number of hydrogen-bond donors (Lipinski definition) is 1. The van der Waals surface area contributed by atoms with Gasteiger partial charge in [0.2, 0.25) is 11.8 Å². The van der Waals surface area contributed by atoms with E-state index in [1.807, 2.05) is 0 Å². The molecule has 1 N–H and O–H groups in total. The molecule has 4 amide bonds. The van der Waals surface area contributed by atoms with Gasteiger partial charge in [0.15, 0.2) is 0 Å². The Balaban J connectivity index is 1.33. The van der Waals surface area contributed by atoms with Crippen molar-refractivity contribution in [1.29, 1.82) is 0 Å². The fraction of sp³-hybridized carbons (Fsp3) is 0.385. The van der Waals surface area contributed by atoms with Gasteiger partial charge in [-0.25, -0.2) is 8.78 Å². The van der Waals surface area contributed by atoms with E-state index in [1.165, 1.54) is 18.6 Å². The van der Waals surface area contributed by atoms with Crippen LogP contribution in [0.4, 0.5) is 8.78 Å². The number of rotatable bonds is 6. The second-order valence-electron chi connectivity index (χ2n) is 9.30. The lowest BCUT2D eigenvalue weighted by molar-refractivity contribution is -0.136. The second-order valence-corrected chi connectivity index (χ2v) is 10.3. The van der Waals surface area contributed by atoms with Crippen molar-refractivity contribution in [3.8, 4) is 0 Å². The van der Waals surface area contributed by atoms with Crippen molar-refractivity contribution in [2.75, 3.05) is 13.1 Å². The van der Waals surface area contributed by atoms with E-state index < -0.39 is 35.5 Å². The lowest BCUT2D eigenvalue weighted by Crippen LogP contribution is -2.54. The summed E-state index contributed by atoms with van der Waals surface area (Å²) in [6, 6.07) is 6.18. The number of halogens is 2. The quantitative estimate of drug-likeness (QED) is 0.469. The molecule has 0 aromatic heterocycles. The summed E-state index contributed by atoms with van der Waals surface area (Å²) in [5.41, 5.74) is 1.14. The summed E-state index contributed by atoms with van der Waals surface area (Å²) in [5, 5.41) is 2.14. The van der Waals surface area contributed by atoms with Crippen LogP contribution in [0.1, 0.15) is 63.9 Å². The van der Waals surface area contributed by atoms with Crippen LogP contribution in [-0.4, -0.2) is 52.6 Å². The largest absolute Gasteiger partial charge is 0.299 e. The lowest BCUT2D eigenvalue weighted by Gasteiger charge is -2.27. The number of thioether (sulfide) groups is 1. The van der Waals surface area contributed by atoms with E-state index in [9.17, 15) is 28.0 Å². The maximum Gasteiger partial charge on any atom is 0.263 e. The van der Waals surface area contributed by atoms with Gasteiger partial charge in [-0.2, -0.15) is 0 Å². The molecule has 188 valence electrons. The zero-order valence-electron chi connectivity index (χ0n) is 19.5. The third-order valence-corrected chi connectivity index (χ3v) is 8.02. The molecule has 7 nitrogen and oxygen atoms in total. The molecule has 2 fully saturated rings. The van der Waals surface area contributed by atoms with Crippen LogP contribution in [0.25, 0.3) is 0 Å². The molecule has 2 saturated heterocycles. The number of nitrogens with one attached hydrogen (secondary N) is 1. The molecule has 0 aliphatic carbocycles. The van der Waals surface area contributed by atoms with Crippen LogP contribution < -0.4 is 5.32 Å². The molecule has 0 spiro atoms. The minimum atomic E-state index is -1.13. The van der Waals surface area contributed by atoms with Gasteiger partial charge in [-0.05, 0) is 56.1 Å². The monoisotopic (exact) mass is 513 g/mol. The maximum atomic E-state index is 14.8. The minimum absolute atomic E-state index is 0.000893. The van der Waals surface area contributed by atoms with E-state index in [0.29, 0.717) is 17.7 Å². The molecule has 5 rings (SSSR count). The molecule has 2 aromatic rings. The van der Waals surface area contributed by atoms with Crippen molar-refractivity contribution in [2.45, 2.75) is 55.3 Å². The number of benzene rings is 2.